The third kappa shape index (κ3) is 6.80. The van der Waals surface area contributed by atoms with Crippen molar-refractivity contribution in [1.82, 2.24) is 0 Å². The van der Waals surface area contributed by atoms with E-state index < -0.39 is 0 Å². The first-order chi connectivity index (χ1) is 10.2. The van der Waals surface area contributed by atoms with Gasteiger partial charge in [0.15, 0.2) is 0 Å². The van der Waals surface area contributed by atoms with Crippen molar-refractivity contribution in [2.24, 2.45) is 17.8 Å². The average molecular weight is 292 g/mol. The molecule has 0 heterocycles. The van der Waals surface area contributed by atoms with Crippen molar-refractivity contribution in [2.45, 2.75) is 84.0 Å². The molecule has 0 aliphatic heterocycles. The lowest BCUT2D eigenvalue weighted by Crippen LogP contribution is -2.15. The Labute approximate surface area is 130 Å². The highest BCUT2D eigenvalue weighted by atomic mass is 19.1. The molecule has 2 rings (SSSR count). The van der Waals surface area contributed by atoms with Crippen molar-refractivity contribution in [3.8, 4) is 0 Å². The van der Waals surface area contributed by atoms with E-state index in [0.717, 1.165) is 24.2 Å². The summed E-state index contributed by atoms with van der Waals surface area (Å²) in [5.74, 6) is 2.73. The van der Waals surface area contributed by atoms with E-state index in [1.54, 1.807) is 6.08 Å². The maximum Gasteiger partial charge on any atom is 0.0932 e. The van der Waals surface area contributed by atoms with Crippen LogP contribution in [0.25, 0.3) is 0 Å². The van der Waals surface area contributed by atoms with E-state index in [1.807, 2.05) is 0 Å². The van der Waals surface area contributed by atoms with Crippen molar-refractivity contribution in [3.63, 3.8) is 0 Å². The van der Waals surface area contributed by atoms with Crippen molar-refractivity contribution in [2.75, 3.05) is 0 Å². The van der Waals surface area contributed by atoms with Gasteiger partial charge in [0.25, 0.3) is 0 Å². The second kappa shape index (κ2) is 9.43. The van der Waals surface area contributed by atoms with Crippen LogP contribution in [0.4, 0.5) is 4.39 Å². The lowest BCUT2D eigenvalue weighted by molar-refractivity contribution is 0.254. The summed E-state index contributed by atoms with van der Waals surface area (Å²) in [6.45, 7) is 1.52. The monoisotopic (exact) mass is 292 g/mol. The number of halogens is 1. The first kappa shape index (κ1) is 16.8. The lowest BCUT2D eigenvalue weighted by Gasteiger charge is -2.29. The molecule has 0 saturated heterocycles. The van der Waals surface area contributed by atoms with Crippen LogP contribution in [-0.2, 0) is 0 Å². The molecule has 0 aromatic heterocycles. The van der Waals surface area contributed by atoms with Crippen molar-refractivity contribution < 1.29 is 4.39 Å². The van der Waals surface area contributed by atoms with E-state index in [1.165, 1.54) is 77.6 Å². The Kier molecular flexibility index (Phi) is 7.53. The van der Waals surface area contributed by atoms with Crippen molar-refractivity contribution in [1.29, 1.82) is 0 Å². The number of hydrogen-bond donors (Lipinski definition) is 0. The molecule has 0 bridgehead atoms. The third-order valence-corrected chi connectivity index (χ3v) is 5.54. The van der Waals surface area contributed by atoms with Gasteiger partial charge in [0, 0.05) is 0 Å². The predicted molar refractivity (Wildman–Crippen MR) is 89.9 cm³/mol. The van der Waals surface area contributed by atoms with Gasteiger partial charge in [-0.05, 0) is 62.9 Å². The normalized spacial score (nSPS) is 29.1. The molecule has 0 radical (unpaired) electrons. The second-order valence-corrected chi connectivity index (χ2v) is 7.32. The number of hydrogen-bond acceptors (Lipinski definition) is 0. The lowest BCUT2D eigenvalue weighted by atomic mass is 9.77. The van der Waals surface area contributed by atoms with E-state index >= 15 is 0 Å². The summed E-state index contributed by atoms with van der Waals surface area (Å²) in [5.41, 5.74) is 0. The van der Waals surface area contributed by atoms with Crippen LogP contribution in [0.15, 0.2) is 24.1 Å². The van der Waals surface area contributed by atoms with Crippen LogP contribution in [0.5, 0.6) is 0 Å². The van der Waals surface area contributed by atoms with Gasteiger partial charge in [-0.2, -0.15) is 0 Å². The quantitative estimate of drug-likeness (QED) is 0.463. The Morgan fingerprint density at radius 2 is 1.52 bits per heavy atom. The largest absolute Gasteiger partial charge is 0.212 e. The molecule has 0 amide bonds. The number of allylic oxidation sites excluding steroid dienone is 4. The first-order valence-corrected chi connectivity index (χ1v) is 9.23. The fourth-order valence-corrected chi connectivity index (χ4v) is 4.12. The highest BCUT2D eigenvalue weighted by Crippen LogP contribution is 2.35. The van der Waals surface area contributed by atoms with Crippen molar-refractivity contribution in [3.05, 3.63) is 24.1 Å². The van der Waals surface area contributed by atoms with Gasteiger partial charge in [-0.3, -0.25) is 0 Å². The molecular weight excluding hydrogens is 259 g/mol. The molecule has 120 valence electrons. The maximum absolute atomic E-state index is 12.6. The van der Waals surface area contributed by atoms with Gasteiger partial charge < -0.3 is 0 Å². The van der Waals surface area contributed by atoms with Gasteiger partial charge in [-0.1, -0.05) is 57.1 Å². The highest BCUT2D eigenvalue weighted by Gasteiger charge is 2.21. The molecular formula is C20H33F. The summed E-state index contributed by atoms with van der Waals surface area (Å²) in [7, 11) is 0. The fraction of sp³-hybridized carbons (Fsp3) is 0.800. The standard InChI is InChI=1S/C20H33F/c1-17(21)7-5-6-10-19-12-15-20(16-13-19)14-11-18-8-3-2-4-9-18/h6-7,10,18-20H,2-5,8-9,11-16H2,1H3/b10-6-,17-7+. The summed E-state index contributed by atoms with van der Waals surface area (Å²) >= 11 is 0. The molecule has 0 atom stereocenters. The van der Waals surface area contributed by atoms with Gasteiger partial charge in [0.1, 0.15) is 0 Å². The Morgan fingerprint density at radius 1 is 0.905 bits per heavy atom. The molecule has 1 heteroatoms. The number of rotatable bonds is 6. The summed E-state index contributed by atoms with van der Waals surface area (Å²) in [6, 6.07) is 0. The van der Waals surface area contributed by atoms with E-state index in [9.17, 15) is 4.39 Å². The van der Waals surface area contributed by atoms with E-state index in [0.29, 0.717) is 0 Å². The third-order valence-electron chi connectivity index (χ3n) is 5.54. The van der Waals surface area contributed by atoms with E-state index in [-0.39, 0.29) is 5.83 Å². The second-order valence-electron chi connectivity index (χ2n) is 7.32. The van der Waals surface area contributed by atoms with Crippen molar-refractivity contribution >= 4 is 0 Å². The maximum atomic E-state index is 12.6. The smallest absolute Gasteiger partial charge is 0.0932 e. The predicted octanol–water partition coefficient (Wildman–Crippen LogP) is 6.97. The molecule has 21 heavy (non-hydrogen) atoms. The average Bonchev–Trinajstić information content (AvgIpc) is 2.51. The molecule has 2 aliphatic carbocycles. The Morgan fingerprint density at radius 3 is 2.14 bits per heavy atom. The van der Waals surface area contributed by atoms with Gasteiger partial charge in [0.05, 0.1) is 5.83 Å². The minimum absolute atomic E-state index is 0.0638. The van der Waals surface area contributed by atoms with Gasteiger partial charge in [-0.25, -0.2) is 4.39 Å². The molecule has 0 spiro atoms. The van der Waals surface area contributed by atoms with Gasteiger partial charge in [-0.15, -0.1) is 0 Å². The Hall–Kier alpha value is -0.590. The molecule has 2 aliphatic rings. The van der Waals surface area contributed by atoms with Gasteiger partial charge in [0.2, 0.25) is 0 Å². The summed E-state index contributed by atoms with van der Waals surface area (Å²) in [6.07, 6.45) is 22.8. The molecule has 0 N–H and O–H groups in total. The Balaban J connectivity index is 1.58. The zero-order chi connectivity index (χ0) is 14.9. The van der Waals surface area contributed by atoms with Crippen LogP contribution in [0.3, 0.4) is 0 Å². The molecule has 2 saturated carbocycles. The van der Waals surface area contributed by atoms with Crippen LogP contribution >= 0.6 is 0 Å². The van der Waals surface area contributed by atoms with Gasteiger partial charge >= 0.3 is 0 Å². The first-order valence-electron chi connectivity index (χ1n) is 9.23. The minimum Gasteiger partial charge on any atom is -0.212 e. The molecule has 0 aromatic rings. The van der Waals surface area contributed by atoms with E-state index in [4.69, 9.17) is 0 Å². The van der Waals surface area contributed by atoms with Crippen LogP contribution in [0.2, 0.25) is 0 Å². The van der Waals surface area contributed by atoms with E-state index in [2.05, 4.69) is 12.2 Å². The summed E-state index contributed by atoms with van der Waals surface area (Å²) in [5, 5.41) is 0. The SMILES string of the molecule is C/C(F)=C\C/C=C\C1CCC(CCC2CCCCC2)CC1. The van der Waals surface area contributed by atoms with Crippen LogP contribution in [0.1, 0.15) is 84.0 Å². The topological polar surface area (TPSA) is 0 Å². The highest BCUT2D eigenvalue weighted by molar-refractivity contribution is 4.98. The van der Waals surface area contributed by atoms with Crippen LogP contribution in [-0.4, -0.2) is 0 Å². The summed E-state index contributed by atoms with van der Waals surface area (Å²) < 4.78 is 12.6. The molecule has 0 unspecified atom stereocenters. The fourth-order valence-electron chi connectivity index (χ4n) is 4.12. The zero-order valence-electron chi connectivity index (χ0n) is 13.8. The minimum atomic E-state index is -0.0638. The molecule has 2 fully saturated rings. The molecule has 0 nitrogen and oxygen atoms in total. The zero-order valence-corrected chi connectivity index (χ0v) is 13.8. The summed E-state index contributed by atoms with van der Waals surface area (Å²) in [4.78, 5) is 0. The van der Waals surface area contributed by atoms with Crippen LogP contribution in [0, 0.1) is 17.8 Å². The van der Waals surface area contributed by atoms with Crippen LogP contribution < -0.4 is 0 Å². The Bertz CT molecular complexity index is 324. The molecule has 0 aromatic carbocycles.